The van der Waals surface area contributed by atoms with E-state index in [9.17, 15) is 19.7 Å². The fourth-order valence-electron chi connectivity index (χ4n) is 2.48. The highest BCUT2D eigenvalue weighted by Gasteiger charge is 2.10. The summed E-state index contributed by atoms with van der Waals surface area (Å²) in [6.07, 6.45) is 14.6. The molecule has 1 aromatic carbocycles. The zero-order chi connectivity index (χ0) is 21.0. The normalized spacial score (nSPS) is 9.36. The molecule has 0 amide bonds. The van der Waals surface area contributed by atoms with Crippen molar-refractivity contribution in [1.82, 2.24) is 0 Å². The number of ether oxygens (including phenoxy) is 1. The molecule has 0 atom stereocenters. The van der Waals surface area contributed by atoms with Gasteiger partial charge in [0.25, 0.3) is 5.69 Å². The molecule has 0 saturated heterocycles. The second-order valence-corrected chi connectivity index (χ2v) is 6.12. The second kappa shape index (κ2) is 17.6. The molecule has 0 aliphatic heterocycles. The maximum absolute atomic E-state index is 10.4. The molecule has 8 heteroatoms. The summed E-state index contributed by atoms with van der Waals surface area (Å²) in [6.45, 7) is 2.91. The Hall–Kier alpha value is -2.82. The third-order valence-corrected chi connectivity index (χ3v) is 3.98. The van der Waals surface area contributed by atoms with Crippen molar-refractivity contribution in [2.45, 2.75) is 64.7 Å². The predicted molar refractivity (Wildman–Crippen MR) is 108 cm³/mol. The molecule has 0 fully saturated rings. The number of hydrogen-bond acceptors (Lipinski definition) is 7. The zero-order valence-electron chi connectivity index (χ0n) is 16.7. The van der Waals surface area contributed by atoms with E-state index in [0.29, 0.717) is 12.3 Å². The van der Waals surface area contributed by atoms with E-state index in [1.54, 1.807) is 6.08 Å². The molecular weight excluding hydrogens is 362 g/mol. The minimum Gasteiger partial charge on any atom is -0.494 e. The van der Waals surface area contributed by atoms with Gasteiger partial charge in [0.1, 0.15) is 11.4 Å². The molecule has 0 bridgehead atoms. The molecule has 1 aromatic rings. The SMILES string of the molecule is CCCCCCCCCCCN=C=O.COc1ccc([N+](=O)[O-])cc1N=C=O. The molecule has 0 unspecified atom stereocenters. The van der Waals surface area contributed by atoms with E-state index in [0.717, 1.165) is 12.5 Å². The van der Waals surface area contributed by atoms with Crippen molar-refractivity contribution in [2.24, 2.45) is 9.98 Å². The molecule has 0 heterocycles. The van der Waals surface area contributed by atoms with Crippen LogP contribution in [0.2, 0.25) is 0 Å². The van der Waals surface area contributed by atoms with E-state index >= 15 is 0 Å². The van der Waals surface area contributed by atoms with Gasteiger partial charge in [-0.1, -0.05) is 58.3 Å². The van der Waals surface area contributed by atoms with Crippen LogP contribution in [-0.4, -0.2) is 30.7 Å². The van der Waals surface area contributed by atoms with Crippen LogP contribution in [-0.2, 0) is 9.59 Å². The summed E-state index contributed by atoms with van der Waals surface area (Å²) in [5.41, 5.74) is -0.0588. The molecule has 0 N–H and O–H groups in total. The second-order valence-electron chi connectivity index (χ2n) is 6.12. The summed E-state index contributed by atoms with van der Waals surface area (Å²) >= 11 is 0. The lowest BCUT2D eigenvalue weighted by molar-refractivity contribution is -0.384. The lowest BCUT2D eigenvalue weighted by atomic mass is 10.1. The van der Waals surface area contributed by atoms with E-state index in [-0.39, 0.29) is 11.4 Å². The minimum absolute atomic E-state index is 0.0942. The quantitative estimate of drug-likeness (QED) is 0.146. The highest BCUT2D eigenvalue weighted by Crippen LogP contribution is 2.30. The van der Waals surface area contributed by atoms with Gasteiger partial charge in [0.05, 0.1) is 18.6 Å². The lowest BCUT2D eigenvalue weighted by Crippen LogP contribution is -1.89. The topological polar surface area (TPSA) is 111 Å². The average molecular weight is 391 g/mol. The van der Waals surface area contributed by atoms with Crippen LogP contribution in [0.15, 0.2) is 28.2 Å². The van der Waals surface area contributed by atoms with E-state index in [2.05, 4.69) is 16.9 Å². The van der Waals surface area contributed by atoms with Gasteiger partial charge < -0.3 is 4.74 Å². The first-order valence-electron chi connectivity index (χ1n) is 9.54. The van der Waals surface area contributed by atoms with Crippen molar-refractivity contribution in [2.75, 3.05) is 13.7 Å². The maximum atomic E-state index is 10.4. The van der Waals surface area contributed by atoms with Crippen LogP contribution in [0.5, 0.6) is 5.75 Å². The van der Waals surface area contributed by atoms with E-state index in [4.69, 9.17) is 4.74 Å². The van der Waals surface area contributed by atoms with Crippen molar-refractivity contribution in [3.05, 3.63) is 28.3 Å². The summed E-state index contributed by atoms with van der Waals surface area (Å²) in [5.74, 6) is 0.291. The van der Waals surface area contributed by atoms with Gasteiger partial charge in [-0.05, 0) is 12.5 Å². The fourth-order valence-corrected chi connectivity index (χ4v) is 2.48. The molecule has 1 rings (SSSR count). The van der Waals surface area contributed by atoms with E-state index in [1.165, 1.54) is 76.7 Å². The minimum atomic E-state index is -0.580. The first-order valence-corrected chi connectivity index (χ1v) is 9.54. The number of rotatable bonds is 13. The summed E-state index contributed by atoms with van der Waals surface area (Å²) in [4.78, 5) is 36.4. The molecular formula is C20H29N3O5. The molecule has 0 spiro atoms. The first kappa shape index (κ1) is 25.2. The molecule has 0 aliphatic rings. The molecule has 0 saturated carbocycles. The van der Waals surface area contributed by atoms with Crippen LogP contribution in [0.4, 0.5) is 11.4 Å². The van der Waals surface area contributed by atoms with Gasteiger partial charge in [0.2, 0.25) is 12.2 Å². The Morgan fingerprint density at radius 2 is 1.61 bits per heavy atom. The zero-order valence-corrected chi connectivity index (χ0v) is 16.7. The van der Waals surface area contributed by atoms with Gasteiger partial charge in [-0.2, -0.15) is 4.99 Å². The number of hydrogen-bond donors (Lipinski definition) is 0. The highest BCUT2D eigenvalue weighted by atomic mass is 16.6. The van der Waals surface area contributed by atoms with E-state index in [1.807, 2.05) is 0 Å². The number of methoxy groups -OCH3 is 1. The Morgan fingerprint density at radius 3 is 2.11 bits per heavy atom. The summed E-state index contributed by atoms with van der Waals surface area (Å²) < 4.78 is 4.84. The van der Waals surface area contributed by atoms with Gasteiger partial charge in [-0.15, -0.1) is 0 Å². The number of unbranched alkanes of at least 4 members (excludes halogenated alkanes) is 8. The van der Waals surface area contributed by atoms with Crippen LogP contribution in [0.1, 0.15) is 64.7 Å². The fraction of sp³-hybridized carbons (Fsp3) is 0.600. The number of benzene rings is 1. The molecule has 154 valence electrons. The number of non-ortho nitro benzene ring substituents is 1. The van der Waals surface area contributed by atoms with Crippen molar-refractivity contribution in [3.8, 4) is 5.75 Å². The molecule has 0 aromatic heterocycles. The highest BCUT2D eigenvalue weighted by molar-refractivity contribution is 5.61. The first-order chi connectivity index (χ1) is 13.6. The van der Waals surface area contributed by atoms with Crippen LogP contribution in [0.25, 0.3) is 0 Å². The number of isocyanates is 2. The van der Waals surface area contributed by atoms with Crippen LogP contribution < -0.4 is 4.74 Å². The number of nitro benzene ring substituents is 1. The van der Waals surface area contributed by atoms with Crippen molar-refractivity contribution in [3.63, 3.8) is 0 Å². The van der Waals surface area contributed by atoms with Crippen molar-refractivity contribution >= 4 is 23.5 Å². The van der Waals surface area contributed by atoms with Gasteiger partial charge in [0, 0.05) is 12.1 Å². The van der Waals surface area contributed by atoms with E-state index < -0.39 is 4.92 Å². The maximum Gasteiger partial charge on any atom is 0.271 e. The summed E-state index contributed by atoms with van der Waals surface area (Å²) in [5, 5.41) is 10.4. The van der Waals surface area contributed by atoms with Crippen LogP contribution in [0.3, 0.4) is 0 Å². The standard InChI is InChI=1S/C12H23NO.C8H6N2O4/c1-2-3-4-5-6-7-8-9-10-11-13-12-14;1-14-8-3-2-6(10(12)13)4-7(8)9-5-11/h2-11H2,1H3;2-4H,1H3. The predicted octanol–water partition coefficient (Wildman–Crippen LogP) is 5.42. The van der Waals surface area contributed by atoms with Gasteiger partial charge in [-0.25, -0.2) is 14.6 Å². The molecule has 8 nitrogen and oxygen atoms in total. The van der Waals surface area contributed by atoms with Gasteiger partial charge in [0.15, 0.2) is 0 Å². The number of nitro groups is 1. The van der Waals surface area contributed by atoms with Gasteiger partial charge in [-0.3, -0.25) is 10.1 Å². The Labute approximate surface area is 165 Å². The summed E-state index contributed by atoms with van der Waals surface area (Å²) in [7, 11) is 1.38. The Balaban J connectivity index is 0.000000521. The lowest BCUT2D eigenvalue weighted by Gasteiger charge is -2.01. The molecule has 0 aliphatic carbocycles. The van der Waals surface area contributed by atoms with Crippen LogP contribution >= 0.6 is 0 Å². The monoisotopic (exact) mass is 391 g/mol. The Bertz CT molecular complexity index is 666. The Morgan fingerprint density at radius 1 is 1.00 bits per heavy atom. The summed E-state index contributed by atoms with van der Waals surface area (Å²) in [6, 6.07) is 3.78. The smallest absolute Gasteiger partial charge is 0.271 e. The molecule has 28 heavy (non-hydrogen) atoms. The average Bonchev–Trinajstić information content (AvgIpc) is 2.70. The number of nitrogens with zero attached hydrogens (tertiary/aromatic N) is 3. The third-order valence-electron chi connectivity index (χ3n) is 3.98. The number of carbonyl (C=O) groups excluding carboxylic acids is 2. The largest absolute Gasteiger partial charge is 0.494 e. The van der Waals surface area contributed by atoms with Gasteiger partial charge >= 0.3 is 0 Å². The van der Waals surface area contributed by atoms with Crippen molar-refractivity contribution in [1.29, 1.82) is 0 Å². The Kier molecular flexibility index (Phi) is 15.8. The van der Waals surface area contributed by atoms with Crippen molar-refractivity contribution < 1.29 is 19.2 Å². The molecule has 0 radical (unpaired) electrons. The third kappa shape index (κ3) is 12.5. The van der Waals surface area contributed by atoms with Crippen LogP contribution in [0, 0.1) is 10.1 Å². The number of aliphatic imine (C=N–C) groups is 2.